The van der Waals surface area contributed by atoms with Gasteiger partial charge in [-0.2, -0.15) is 0 Å². The third-order valence-electron chi connectivity index (χ3n) is 2.08. The third-order valence-corrected chi connectivity index (χ3v) is 3.86. The van der Waals surface area contributed by atoms with Crippen LogP contribution in [0.1, 0.15) is 15.4 Å². The molecule has 0 aliphatic heterocycles. The number of hydrogen-bond acceptors (Lipinski definition) is 4. The van der Waals surface area contributed by atoms with Crippen LogP contribution in [0.25, 0.3) is 11.6 Å². The second-order valence-corrected chi connectivity index (χ2v) is 4.98. The molecule has 1 N–H and O–H groups in total. The first-order chi connectivity index (χ1) is 7.68. The minimum atomic E-state index is -0.907. The first-order valence-electron chi connectivity index (χ1n) is 4.57. The van der Waals surface area contributed by atoms with Gasteiger partial charge in [0.2, 0.25) is 0 Å². The molecule has 0 saturated heterocycles. The zero-order valence-corrected chi connectivity index (χ0v) is 10.1. The molecule has 0 fully saturated rings. The summed E-state index contributed by atoms with van der Waals surface area (Å²) in [5.41, 5.74) is 2.90. The van der Waals surface area contributed by atoms with Gasteiger partial charge in [-0.3, -0.25) is 0 Å². The van der Waals surface area contributed by atoms with E-state index in [0.29, 0.717) is 5.57 Å². The fourth-order valence-corrected chi connectivity index (χ4v) is 2.72. The van der Waals surface area contributed by atoms with Crippen LogP contribution in [-0.4, -0.2) is 16.1 Å². The maximum atomic E-state index is 11.2. The van der Waals surface area contributed by atoms with Crippen LogP contribution in [-0.2, 0) is 4.79 Å². The van der Waals surface area contributed by atoms with Gasteiger partial charge >= 0.3 is 5.97 Å². The van der Waals surface area contributed by atoms with Gasteiger partial charge in [-0.15, -0.1) is 22.7 Å². The highest BCUT2D eigenvalue weighted by molar-refractivity contribution is 7.12. The molecule has 0 aromatic carbocycles. The Morgan fingerprint density at radius 1 is 1.50 bits per heavy atom. The number of carboxylic acid groups (broad SMARTS) is 1. The lowest BCUT2D eigenvalue weighted by Gasteiger charge is -1.98. The summed E-state index contributed by atoms with van der Waals surface area (Å²) < 4.78 is 0. The van der Waals surface area contributed by atoms with Crippen molar-refractivity contribution < 1.29 is 9.90 Å². The van der Waals surface area contributed by atoms with Crippen molar-refractivity contribution in [3.8, 4) is 0 Å². The molecule has 0 bridgehead atoms. The number of carbonyl (C=O) groups is 1. The van der Waals surface area contributed by atoms with Gasteiger partial charge in [-0.1, -0.05) is 6.07 Å². The Balaban J connectivity index is 2.45. The lowest BCUT2D eigenvalue weighted by molar-refractivity contribution is -0.130. The average molecular weight is 251 g/mol. The molecular weight excluding hydrogens is 242 g/mol. The van der Waals surface area contributed by atoms with E-state index in [9.17, 15) is 4.79 Å². The number of aliphatic carboxylic acids is 1. The zero-order valence-electron chi connectivity index (χ0n) is 8.51. The standard InChI is InChI=1S/C11H9NO2S2/c1-7-10(16-6-12-7)5-8(11(13)14)9-3-2-4-15-9/h2-6H,1H3,(H,13,14). The van der Waals surface area contributed by atoms with E-state index in [0.717, 1.165) is 15.4 Å². The van der Waals surface area contributed by atoms with Crippen molar-refractivity contribution in [3.63, 3.8) is 0 Å². The van der Waals surface area contributed by atoms with Gasteiger partial charge in [-0.05, 0) is 24.4 Å². The normalized spacial score (nSPS) is 11.7. The van der Waals surface area contributed by atoms with Crippen molar-refractivity contribution in [2.75, 3.05) is 0 Å². The van der Waals surface area contributed by atoms with Gasteiger partial charge in [0.25, 0.3) is 0 Å². The van der Waals surface area contributed by atoms with E-state index in [1.54, 1.807) is 17.7 Å². The predicted molar refractivity (Wildman–Crippen MR) is 66.7 cm³/mol. The molecule has 2 rings (SSSR count). The maximum Gasteiger partial charge on any atom is 0.337 e. The number of hydrogen-bond donors (Lipinski definition) is 1. The van der Waals surface area contributed by atoms with Crippen molar-refractivity contribution in [2.45, 2.75) is 6.92 Å². The van der Waals surface area contributed by atoms with E-state index < -0.39 is 5.97 Å². The Bertz CT molecular complexity index is 526. The quantitative estimate of drug-likeness (QED) is 0.853. The Labute approximate surface area is 101 Å². The number of rotatable bonds is 3. The van der Waals surface area contributed by atoms with Gasteiger partial charge in [0.05, 0.1) is 21.7 Å². The fourth-order valence-electron chi connectivity index (χ4n) is 1.25. The molecule has 0 aliphatic rings. The summed E-state index contributed by atoms with van der Waals surface area (Å²) >= 11 is 2.87. The second-order valence-electron chi connectivity index (χ2n) is 3.14. The van der Waals surface area contributed by atoms with E-state index in [-0.39, 0.29) is 0 Å². The summed E-state index contributed by atoms with van der Waals surface area (Å²) in [6, 6.07) is 3.65. The largest absolute Gasteiger partial charge is 0.478 e. The molecule has 5 heteroatoms. The molecule has 3 nitrogen and oxygen atoms in total. The lowest BCUT2D eigenvalue weighted by atomic mass is 10.2. The monoisotopic (exact) mass is 251 g/mol. The Morgan fingerprint density at radius 2 is 2.31 bits per heavy atom. The molecule has 0 unspecified atom stereocenters. The highest BCUT2D eigenvalue weighted by Gasteiger charge is 2.12. The SMILES string of the molecule is Cc1ncsc1C=C(C(=O)O)c1cccs1. The fraction of sp³-hybridized carbons (Fsp3) is 0.0909. The second kappa shape index (κ2) is 4.59. The first-order valence-corrected chi connectivity index (χ1v) is 6.33. The molecule has 16 heavy (non-hydrogen) atoms. The minimum Gasteiger partial charge on any atom is -0.478 e. The van der Waals surface area contributed by atoms with E-state index in [1.165, 1.54) is 22.7 Å². The number of thiazole rings is 1. The van der Waals surface area contributed by atoms with Crippen molar-refractivity contribution >= 4 is 40.3 Å². The van der Waals surface area contributed by atoms with Crippen LogP contribution in [0.2, 0.25) is 0 Å². The summed E-state index contributed by atoms with van der Waals surface area (Å²) in [5.74, 6) is -0.907. The maximum absolute atomic E-state index is 11.2. The minimum absolute atomic E-state index is 0.322. The molecular formula is C11H9NO2S2. The molecule has 2 aromatic rings. The van der Waals surface area contributed by atoms with E-state index >= 15 is 0 Å². The Morgan fingerprint density at radius 3 is 2.81 bits per heavy atom. The molecule has 0 radical (unpaired) electrons. The van der Waals surface area contributed by atoms with Gasteiger partial charge in [0.1, 0.15) is 0 Å². The number of nitrogens with zero attached hydrogens (tertiary/aromatic N) is 1. The topological polar surface area (TPSA) is 50.2 Å². The van der Waals surface area contributed by atoms with Crippen LogP contribution < -0.4 is 0 Å². The van der Waals surface area contributed by atoms with Gasteiger partial charge in [-0.25, -0.2) is 9.78 Å². The third kappa shape index (κ3) is 2.20. The molecule has 2 heterocycles. The number of aryl methyl sites for hydroxylation is 1. The van der Waals surface area contributed by atoms with Gasteiger partial charge in [0.15, 0.2) is 0 Å². The predicted octanol–water partition coefficient (Wildman–Crippen LogP) is 3.14. The van der Waals surface area contributed by atoms with Crippen LogP contribution >= 0.6 is 22.7 Å². The number of carboxylic acids is 1. The molecule has 0 saturated carbocycles. The summed E-state index contributed by atoms with van der Waals surface area (Å²) in [4.78, 5) is 16.9. The molecule has 0 spiro atoms. The molecule has 82 valence electrons. The summed E-state index contributed by atoms with van der Waals surface area (Å²) in [6.45, 7) is 1.87. The average Bonchev–Trinajstić information content (AvgIpc) is 2.85. The van der Waals surface area contributed by atoms with Crippen molar-refractivity contribution in [1.82, 2.24) is 4.98 Å². The zero-order chi connectivity index (χ0) is 11.5. The van der Waals surface area contributed by atoms with Crippen LogP contribution in [0.5, 0.6) is 0 Å². The van der Waals surface area contributed by atoms with E-state index in [1.807, 2.05) is 18.4 Å². The Hall–Kier alpha value is -1.46. The molecule has 0 atom stereocenters. The number of thiophene rings is 1. The van der Waals surface area contributed by atoms with Gasteiger partial charge in [0, 0.05) is 4.88 Å². The molecule has 2 aromatic heterocycles. The summed E-state index contributed by atoms with van der Waals surface area (Å²) in [6.07, 6.45) is 1.68. The summed E-state index contributed by atoms with van der Waals surface area (Å²) in [7, 11) is 0. The number of aromatic nitrogens is 1. The van der Waals surface area contributed by atoms with E-state index in [2.05, 4.69) is 4.98 Å². The van der Waals surface area contributed by atoms with E-state index in [4.69, 9.17) is 5.11 Å². The summed E-state index contributed by atoms with van der Waals surface area (Å²) in [5, 5.41) is 11.0. The first kappa shape index (κ1) is 11.0. The van der Waals surface area contributed by atoms with Crippen molar-refractivity contribution in [3.05, 3.63) is 38.5 Å². The highest BCUT2D eigenvalue weighted by atomic mass is 32.1. The lowest BCUT2D eigenvalue weighted by Crippen LogP contribution is -1.97. The van der Waals surface area contributed by atoms with Crippen LogP contribution in [0.4, 0.5) is 0 Å². The smallest absolute Gasteiger partial charge is 0.337 e. The van der Waals surface area contributed by atoms with Crippen molar-refractivity contribution in [2.24, 2.45) is 0 Å². The van der Waals surface area contributed by atoms with Crippen LogP contribution in [0, 0.1) is 6.92 Å². The van der Waals surface area contributed by atoms with Crippen molar-refractivity contribution in [1.29, 1.82) is 0 Å². The molecule has 0 aliphatic carbocycles. The van der Waals surface area contributed by atoms with Gasteiger partial charge < -0.3 is 5.11 Å². The molecule has 0 amide bonds. The van der Waals surface area contributed by atoms with Crippen LogP contribution in [0.3, 0.4) is 0 Å². The Kier molecular flexibility index (Phi) is 3.17. The highest BCUT2D eigenvalue weighted by Crippen LogP contribution is 2.25. The van der Waals surface area contributed by atoms with Crippen LogP contribution in [0.15, 0.2) is 23.0 Å².